The maximum atomic E-state index is 12.8. The number of likely N-dealkylation sites (tertiary alicyclic amines) is 1. The van der Waals surface area contributed by atoms with E-state index in [4.69, 9.17) is 0 Å². The highest BCUT2D eigenvalue weighted by molar-refractivity contribution is 7.09. The Kier molecular flexibility index (Phi) is 4.65. The van der Waals surface area contributed by atoms with Crippen LogP contribution in [0.15, 0.2) is 41.8 Å². The lowest BCUT2D eigenvalue weighted by atomic mass is 10.1. The summed E-state index contributed by atoms with van der Waals surface area (Å²) in [5.74, 6) is 0.115. The summed E-state index contributed by atoms with van der Waals surface area (Å²) in [5.41, 5.74) is 1.07. The van der Waals surface area contributed by atoms with E-state index in [2.05, 4.69) is 9.80 Å². The number of piperazine rings is 1. The van der Waals surface area contributed by atoms with Gasteiger partial charge in [-0.05, 0) is 35.7 Å². The van der Waals surface area contributed by atoms with Gasteiger partial charge in [0, 0.05) is 36.7 Å². The molecule has 0 spiro atoms. The van der Waals surface area contributed by atoms with Crippen molar-refractivity contribution >= 4 is 28.8 Å². The molecular weight excluding hydrogens is 350 g/mol. The monoisotopic (exact) mass is 371 g/mol. The predicted molar refractivity (Wildman–Crippen MR) is 100 cm³/mol. The third kappa shape index (κ3) is 3.32. The number of phenolic OH excluding ortho intramolecular Hbond substituents is 1. The number of phenols is 1. The van der Waals surface area contributed by atoms with Gasteiger partial charge in [0.15, 0.2) is 0 Å². The fraction of sp³-hybridized carbons (Fsp3) is 0.368. The van der Waals surface area contributed by atoms with Crippen molar-refractivity contribution in [2.45, 2.75) is 19.0 Å². The first-order valence-electron chi connectivity index (χ1n) is 8.76. The molecule has 6 nitrogen and oxygen atoms in total. The molecule has 4 rings (SSSR count). The maximum Gasteiger partial charge on any atom is 0.247 e. The molecule has 7 heteroatoms. The zero-order valence-electron chi connectivity index (χ0n) is 14.4. The summed E-state index contributed by atoms with van der Waals surface area (Å²) < 4.78 is 0. The Labute approximate surface area is 156 Å². The van der Waals surface area contributed by atoms with Gasteiger partial charge in [0.05, 0.1) is 19.0 Å². The normalized spacial score (nSPS) is 21.6. The summed E-state index contributed by atoms with van der Waals surface area (Å²) in [4.78, 5) is 31.9. The standard InChI is InChI=1S/C19H21N3O3S/c23-15-5-3-14(4-6-15)20-7-9-21(10-8-20)17-12-18(24)22(19(17)25)13-16-2-1-11-26-16/h1-6,11,17,23H,7-10,12-13H2/t17-/m0/s1. The highest BCUT2D eigenvalue weighted by atomic mass is 32.1. The zero-order valence-corrected chi connectivity index (χ0v) is 15.2. The predicted octanol–water partition coefficient (Wildman–Crippen LogP) is 1.90. The molecular formula is C19H21N3O3S. The number of thiophene rings is 1. The van der Waals surface area contributed by atoms with Crippen molar-refractivity contribution in [2.75, 3.05) is 31.1 Å². The lowest BCUT2D eigenvalue weighted by molar-refractivity contribution is -0.140. The van der Waals surface area contributed by atoms with Crippen LogP contribution < -0.4 is 4.90 Å². The van der Waals surface area contributed by atoms with Crippen molar-refractivity contribution in [3.63, 3.8) is 0 Å². The molecule has 0 bridgehead atoms. The van der Waals surface area contributed by atoms with E-state index in [1.165, 1.54) is 4.90 Å². The second-order valence-corrected chi connectivity index (χ2v) is 7.69. The number of benzene rings is 1. The zero-order chi connectivity index (χ0) is 18.1. The SMILES string of the molecule is O=C1C[C@H](N2CCN(c3ccc(O)cc3)CC2)C(=O)N1Cc1cccs1. The number of carbonyl (C=O) groups excluding carboxylic acids is 2. The Bertz CT molecular complexity index is 783. The molecule has 3 heterocycles. The van der Waals surface area contributed by atoms with Crippen LogP contribution in [-0.2, 0) is 16.1 Å². The summed E-state index contributed by atoms with van der Waals surface area (Å²) >= 11 is 1.57. The van der Waals surface area contributed by atoms with Gasteiger partial charge < -0.3 is 10.0 Å². The van der Waals surface area contributed by atoms with Crippen LogP contribution in [-0.4, -0.2) is 58.9 Å². The van der Waals surface area contributed by atoms with Gasteiger partial charge in [-0.25, -0.2) is 0 Å². The first-order chi connectivity index (χ1) is 12.6. The van der Waals surface area contributed by atoms with Crippen LogP contribution in [0, 0.1) is 0 Å². The molecule has 26 heavy (non-hydrogen) atoms. The molecule has 2 aliphatic rings. The van der Waals surface area contributed by atoms with E-state index < -0.39 is 0 Å². The summed E-state index contributed by atoms with van der Waals surface area (Å²) in [6.07, 6.45) is 0.281. The Morgan fingerprint density at radius 2 is 1.77 bits per heavy atom. The van der Waals surface area contributed by atoms with Gasteiger partial charge in [-0.1, -0.05) is 6.07 Å². The highest BCUT2D eigenvalue weighted by Gasteiger charge is 2.42. The molecule has 2 aromatic rings. The summed E-state index contributed by atoms with van der Waals surface area (Å²) in [5, 5.41) is 11.4. The van der Waals surface area contributed by atoms with Crippen LogP contribution in [0.25, 0.3) is 0 Å². The van der Waals surface area contributed by atoms with Crippen LogP contribution in [0.1, 0.15) is 11.3 Å². The van der Waals surface area contributed by atoms with E-state index in [1.807, 2.05) is 29.6 Å². The summed E-state index contributed by atoms with van der Waals surface area (Å²) in [6, 6.07) is 10.7. The number of hydrogen-bond acceptors (Lipinski definition) is 6. The minimum Gasteiger partial charge on any atom is -0.508 e. The van der Waals surface area contributed by atoms with E-state index in [0.717, 1.165) is 36.7 Å². The molecule has 136 valence electrons. The lowest BCUT2D eigenvalue weighted by Crippen LogP contribution is -2.52. The van der Waals surface area contributed by atoms with Crippen molar-refractivity contribution in [3.8, 4) is 5.75 Å². The van der Waals surface area contributed by atoms with Crippen LogP contribution in [0.5, 0.6) is 5.75 Å². The second kappa shape index (κ2) is 7.09. The molecule has 2 saturated heterocycles. The third-order valence-corrected chi connectivity index (χ3v) is 5.95. The van der Waals surface area contributed by atoms with Crippen LogP contribution in [0.2, 0.25) is 0 Å². The van der Waals surface area contributed by atoms with Gasteiger partial charge in [-0.15, -0.1) is 11.3 Å². The number of anilines is 1. The molecule has 2 amide bonds. The van der Waals surface area contributed by atoms with Gasteiger partial charge in [-0.2, -0.15) is 0 Å². The van der Waals surface area contributed by atoms with Crippen LogP contribution in [0.4, 0.5) is 5.69 Å². The van der Waals surface area contributed by atoms with Gasteiger partial charge in [-0.3, -0.25) is 19.4 Å². The summed E-state index contributed by atoms with van der Waals surface area (Å²) in [6.45, 7) is 3.48. The molecule has 0 unspecified atom stereocenters. The van der Waals surface area contributed by atoms with Gasteiger partial charge in [0.1, 0.15) is 5.75 Å². The number of amides is 2. The molecule has 0 saturated carbocycles. The molecule has 2 aliphatic heterocycles. The van der Waals surface area contributed by atoms with E-state index in [9.17, 15) is 14.7 Å². The Balaban J connectivity index is 1.37. The number of aromatic hydroxyl groups is 1. The van der Waals surface area contributed by atoms with Gasteiger partial charge >= 0.3 is 0 Å². The number of imide groups is 1. The Morgan fingerprint density at radius 3 is 2.42 bits per heavy atom. The van der Waals surface area contributed by atoms with Crippen LogP contribution in [0.3, 0.4) is 0 Å². The quantitative estimate of drug-likeness (QED) is 0.832. The van der Waals surface area contributed by atoms with Crippen molar-refractivity contribution in [1.82, 2.24) is 9.80 Å². The minimum absolute atomic E-state index is 0.0681. The maximum absolute atomic E-state index is 12.8. The summed E-state index contributed by atoms with van der Waals surface area (Å²) in [7, 11) is 0. The van der Waals surface area contributed by atoms with Crippen molar-refractivity contribution in [3.05, 3.63) is 46.7 Å². The second-order valence-electron chi connectivity index (χ2n) is 6.66. The Hall–Kier alpha value is -2.38. The lowest BCUT2D eigenvalue weighted by Gasteiger charge is -2.38. The molecule has 0 radical (unpaired) electrons. The molecule has 1 N–H and O–H groups in total. The minimum atomic E-state index is -0.329. The van der Waals surface area contributed by atoms with Crippen molar-refractivity contribution in [1.29, 1.82) is 0 Å². The molecule has 1 aromatic heterocycles. The van der Waals surface area contributed by atoms with Crippen molar-refractivity contribution < 1.29 is 14.7 Å². The van der Waals surface area contributed by atoms with Gasteiger partial charge in [0.25, 0.3) is 0 Å². The van der Waals surface area contributed by atoms with Crippen LogP contribution >= 0.6 is 11.3 Å². The topological polar surface area (TPSA) is 64.1 Å². The van der Waals surface area contributed by atoms with E-state index >= 15 is 0 Å². The number of hydrogen-bond donors (Lipinski definition) is 1. The largest absolute Gasteiger partial charge is 0.508 e. The fourth-order valence-corrected chi connectivity index (χ4v) is 4.32. The highest BCUT2D eigenvalue weighted by Crippen LogP contribution is 2.25. The molecule has 1 aromatic carbocycles. The average molecular weight is 371 g/mol. The van der Waals surface area contributed by atoms with E-state index in [1.54, 1.807) is 23.5 Å². The third-order valence-electron chi connectivity index (χ3n) is 5.08. The Morgan fingerprint density at radius 1 is 1.04 bits per heavy atom. The number of carbonyl (C=O) groups is 2. The van der Waals surface area contributed by atoms with E-state index in [-0.39, 0.29) is 30.0 Å². The molecule has 2 fully saturated rings. The van der Waals surface area contributed by atoms with E-state index in [0.29, 0.717) is 6.54 Å². The fourth-order valence-electron chi connectivity index (χ4n) is 3.63. The molecule has 0 aliphatic carbocycles. The first kappa shape index (κ1) is 17.1. The molecule has 1 atom stereocenters. The smallest absolute Gasteiger partial charge is 0.247 e. The number of rotatable bonds is 4. The van der Waals surface area contributed by atoms with Gasteiger partial charge in [0.2, 0.25) is 11.8 Å². The van der Waals surface area contributed by atoms with Crippen molar-refractivity contribution in [2.24, 2.45) is 0 Å². The number of nitrogens with zero attached hydrogens (tertiary/aromatic N) is 3. The average Bonchev–Trinajstić information content (AvgIpc) is 3.26. The first-order valence-corrected chi connectivity index (χ1v) is 9.64.